The monoisotopic (exact) mass is 233 g/mol. The maximum atomic E-state index is 10.3. The molecule has 1 aliphatic rings. The zero-order valence-corrected chi connectivity index (χ0v) is 8.92. The van der Waals surface area contributed by atoms with Gasteiger partial charge in [-0.05, 0) is 0 Å². The highest BCUT2D eigenvalue weighted by atomic mass is 16.4. The summed E-state index contributed by atoms with van der Waals surface area (Å²) in [7, 11) is 1.18. The number of nitroso groups, excluding NO2 is 1. The van der Waals surface area contributed by atoms with Gasteiger partial charge < -0.3 is 21.1 Å². The van der Waals surface area contributed by atoms with Crippen LogP contribution in [0.25, 0.3) is 0 Å². The molecule has 0 saturated carbocycles. The van der Waals surface area contributed by atoms with Crippen molar-refractivity contribution in [1.29, 1.82) is 0 Å². The van der Waals surface area contributed by atoms with Crippen LogP contribution in [0, 0.1) is 4.91 Å². The first-order valence-electron chi connectivity index (χ1n) is 4.54. The van der Waals surface area contributed by atoms with Crippen molar-refractivity contribution in [2.45, 2.75) is 0 Å². The Morgan fingerprint density at radius 3 is 2.12 bits per heavy atom. The van der Waals surface area contributed by atoms with E-state index in [0.717, 1.165) is 13.1 Å². The van der Waals surface area contributed by atoms with Crippen molar-refractivity contribution in [3.05, 3.63) is 4.91 Å². The van der Waals surface area contributed by atoms with Gasteiger partial charge in [0, 0.05) is 33.2 Å². The number of nitrogens with two attached hydrogens (primary N) is 1. The molecule has 0 aliphatic carbocycles. The molecule has 0 spiro atoms. The molecule has 9 nitrogen and oxygen atoms in total. The molecule has 1 aliphatic heterocycles. The van der Waals surface area contributed by atoms with Crippen LogP contribution in [0.3, 0.4) is 0 Å². The van der Waals surface area contributed by atoms with Gasteiger partial charge in [0.05, 0.1) is 5.29 Å². The minimum Gasteiger partial charge on any atom is -0.465 e. The van der Waals surface area contributed by atoms with Crippen molar-refractivity contribution in [2.24, 2.45) is 11.0 Å². The Morgan fingerprint density at radius 2 is 1.94 bits per heavy atom. The topological polar surface area (TPSA) is 128 Å². The Morgan fingerprint density at radius 1 is 1.44 bits per heavy atom. The highest BCUT2D eigenvalue weighted by molar-refractivity contribution is 5.71. The van der Waals surface area contributed by atoms with E-state index >= 15 is 0 Å². The van der Waals surface area contributed by atoms with Gasteiger partial charge in [-0.1, -0.05) is 0 Å². The molecule has 0 bridgehead atoms. The van der Waals surface area contributed by atoms with Crippen molar-refractivity contribution in [1.82, 2.24) is 15.2 Å². The molecule has 4 N–H and O–H groups in total. The summed E-state index contributed by atoms with van der Waals surface area (Å²) in [4.78, 5) is 30.8. The van der Waals surface area contributed by atoms with E-state index in [1.807, 2.05) is 0 Å². The van der Waals surface area contributed by atoms with Crippen molar-refractivity contribution >= 4 is 12.1 Å². The van der Waals surface area contributed by atoms with Crippen LogP contribution in [0.15, 0.2) is 5.29 Å². The molecule has 1 heterocycles. The summed E-state index contributed by atoms with van der Waals surface area (Å²) in [6, 6.07) is -0.852. The Bertz CT molecular complexity index is 253. The number of carbonyl (C=O) groups excluding carboxylic acids is 1. The van der Waals surface area contributed by atoms with E-state index in [4.69, 9.17) is 5.11 Å². The van der Waals surface area contributed by atoms with E-state index in [0.29, 0.717) is 18.1 Å². The van der Waals surface area contributed by atoms with Crippen LogP contribution in [-0.4, -0.2) is 60.4 Å². The summed E-state index contributed by atoms with van der Waals surface area (Å²) >= 11 is 0. The third kappa shape index (κ3) is 5.75. The normalized spacial score (nSPS) is 14.4. The molecule has 0 aromatic carbocycles. The second-order valence-corrected chi connectivity index (χ2v) is 2.96. The Balaban J connectivity index is 0.000000293. The largest absolute Gasteiger partial charge is 0.465 e. The summed E-state index contributed by atoms with van der Waals surface area (Å²) in [5.41, 5.74) is 4.54. The van der Waals surface area contributed by atoms with Gasteiger partial charge in [-0.3, -0.25) is 0 Å². The van der Waals surface area contributed by atoms with Gasteiger partial charge in [-0.15, -0.1) is 4.91 Å². The summed E-state index contributed by atoms with van der Waals surface area (Å²) in [6.07, 6.45) is -0.809. The molecular formula is C7H15N5O4. The smallest absolute Gasteiger partial charge is 0.407 e. The van der Waals surface area contributed by atoms with Gasteiger partial charge >= 0.3 is 12.1 Å². The molecule has 0 unspecified atom stereocenters. The minimum absolute atomic E-state index is 0.500. The fourth-order valence-electron chi connectivity index (χ4n) is 0.896. The standard InChI is InChI=1S/C5H10N2O2.C2H5N3O2/c8-5(9)7-3-1-6-2-4-7;1-5(4-7)2(3)6/h6H,1-4H2,(H,8,9);1H3,(H2,3,6). The molecule has 0 aromatic rings. The molecule has 0 aromatic heterocycles. The number of urea groups is 1. The average molecular weight is 233 g/mol. The molecule has 1 fully saturated rings. The van der Waals surface area contributed by atoms with Crippen molar-refractivity contribution in [3.63, 3.8) is 0 Å². The number of primary amides is 1. The maximum absolute atomic E-state index is 10.3. The molecule has 92 valence electrons. The first-order valence-corrected chi connectivity index (χ1v) is 4.54. The van der Waals surface area contributed by atoms with E-state index in [2.05, 4.69) is 16.3 Å². The number of carboxylic acid groups (broad SMARTS) is 1. The van der Waals surface area contributed by atoms with E-state index in [1.54, 1.807) is 0 Å². The quantitative estimate of drug-likeness (QED) is 0.405. The number of hydrogen-bond donors (Lipinski definition) is 3. The highest BCUT2D eigenvalue weighted by Crippen LogP contribution is 1.90. The van der Waals surface area contributed by atoms with E-state index < -0.39 is 12.1 Å². The average Bonchev–Trinajstić information content (AvgIpc) is 2.29. The first kappa shape index (κ1) is 14.1. The number of nitrogens with zero attached hydrogens (tertiary/aromatic N) is 3. The van der Waals surface area contributed by atoms with E-state index in [9.17, 15) is 14.5 Å². The fourth-order valence-corrected chi connectivity index (χ4v) is 0.896. The second-order valence-electron chi connectivity index (χ2n) is 2.96. The summed E-state index contributed by atoms with van der Waals surface area (Å²) in [5, 5.41) is 14.2. The minimum atomic E-state index is -0.852. The van der Waals surface area contributed by atoms with Gasteiger partial charge in [0.1, 0.15) is 0 Å². The number of carbonyl (C=O) groups is 2. The van der Waals surface area contributed by atoms with Gasteiger partial charge in [-0.2, -0.15) is 5.01 Å². The maximum Gasteiger partial charge on any atom is 0.407 e. The molecule has 1 saturated heterocycles. The molecule has 9 heteroatoms. The summed E-state index contributed by atoms with van der Waals surface area (Å²) < 4.78 is 0. The number of hydrogen-bond acceptors (Lipinski definition) is 5. The number of piperazine rings is 1. The van der Waals surface area contributed by atoms with E-state index in [1.165, 1.54) is 11.9 Å². The predicted octanol–water partition coefficient (Wildman–Crippen LogP) is -0.752. The van der Waals surface area contributed by atoms with Crippen LogP contribution in [0.5, 0.6) is 0 Å². The number of nitrogens with one attached hydrogen (secondary N) is 1. The molecule has 3 amide bonds. The third-order valence-electron chi connectivity index (χ3n) is 1.83. The van der Waals surface area contributed by atoms with Gasteiger partial charge in [-0.25, -0.2) is 9.59 Å². The highest BCUT2D eigenvalue weighted by Gasteiger charge is 2.13. The molecule has 0 atom stereocenters. The second kappa shape index (κ2) is 7.40. The molecule has 16 heavy (non-hydrogen) atoms. The molecule has 1 rings (SSSR count). The summed E-state index contributed by atoms with van der Waals surface area (Å²) in [5.74, 6) is 0. The number of amides is 3. The lowest BCUT2D eigenvalue weighted by Gasteiger charge is -2.23. The molecule has 0 radical (unpaired) electrons. The predicted molar refractivity (Wildman–Crippen MR) is 55.6 cm³/mol. The number of rotatable bonds is 1. The van der Waals surface area contributed by atoms with Crippen LogP contribution < -0.4 is 11.1 Å². The lowest BCUT2D eigenvalue weighted by molar-refractivity contribution is 0.139. The van der Waals surface area contributed by atoms with Crippen molar-refractivity contribution < 1.29 is 14.7 Å². The van der Waals surface area contributed by atoms with Crippen molar-refractivity contribution in [2.75, 3.05) is 33.2 Å². The van der Waals surface area contributed by atoms with Gasteiger partial charge in [0.15, 0.2) is 0 Å². The Kier molecular flexibility index (Phi) is 6.52. The fraction of sp³-hybridized carbons (Fsp3) is 0.714. The Hall–Kier alpha value is -1.90. The van der Waals surface area contributed by atoms with Gasteiger partial charge in [0.25, 0.3) is 0 Å². The SMILES string of the molecule is CN(N=O)C(N)=O.O=C(O)N1CCNCC1. The first-order chi connectivity index (χ1) is 7.49. The summed E-state index contributed by atoms with van der Waals surface area (Å²) in [6.45, 7) is 2.81. The van der Waals surface area contributed by atoms with E-state index in [-0.39, 0.29) is 0 Å². The van der Waals surface area contributed by atoms with Crippen LogP contribution in [0.4, 0.5) is 9.59 Å². The molecular weight excluding hydrogens is 218 g/mol. The lowest BCUT2D eigenvalue weighted by Crippen LogP contribution is -2.45. The third-order valence-corrected chi connectivity index (χ3v) is 1.83. The zero-order valence-electron chi connectivity index (χ0n) is 8.92. The Labute approximate surface area is 92.1 Å². The lowest BCUT2D eigenvalue weighted by atomic mass is 10.4. The van der Waals surface area contributed by atoms with Crippen LogP contribution >= 0.6 is 0 Å². The van der Waals surface area contributed by atoms with Crippen LogP contribution in [0.1, 0.15) is 0 Å². The van der Waals surface area contributed by atoms with Gasteiger partial charge in [0.2, 0.25) is 0 Å². The van der Waals surface area contributed by atoms with Crippen LogP contribution in [0.2, 0.25) is 0 Å². The zero-order chi connectivity index (χ0) is 12.6. The van der Waals surface area contributed by atoms with Crippen LogP contribution in [-0.2, 0) is 0 Å². The van der Waals surface area contributed by atoms with Crippen molar-refractivity contribution in [3.8, 4) is 0 Å².